The van der Waals surface area contributed by atoms with E-state index in [0.29, 0.717) is 19.7 Å². The maximum absolute atomic E-state index is 12.3. The summed E-state index contributed by atoms with van der Waals surface area (Å²) in [6.45, 7) is 9.09. The van der Waals surface area contributed by atoms with Gasteiger partial charge in [0.15, 0.2) is 0 Å². The summed E-state index contributed by atoms with van der Waals surface area (Å²) < 4.78 is 36.9. The molecule has 27 heavy (non-hydrogen) atoms. The first-order valence-electron chi connectivity index (χ1n) is 9.72. The lowest BCUT2D eigenvalue weighted by Crippen LogP contribution is -2.37. The van der Waals surface area contributed by atoms with Gasteiger partial charge in [-0.2, -0.15) is 0 Å². The molecule has 0 saturated carbocycles. The van der Waals surface area contributed by atoms with E-state index in [1.165, 1.54) is 0 Å². The average molecular weight is 403 g/mol. The molecule has 1 saturated heterocycles. The van der Waals surface area contributed by atoms with Crippen LogP contribution in [0, 0.1) is 0 Å². The second kappa shape index (κ2) is 11.1. The van der Waals surface area contributed by atoms with Crippen molar-refractivity contribution in [3.8, 4) is 0 Å². The van der Waals surface area contributed by atoms with Crippen LogP contribution >= 0.6 is 0 Å². The Morgan fingerprint density at radius 3 is 2.67 bits per heavy atom. The highest BCUT2D eigenvalue weighted by Crippen LogP contribution is 2.15. The van der Waals surface area contributed by atoms with E-state index < -0.39 is 9.84 Å². The number of unbranched alkanes of at least 4 members (excludes halogenated alkanes) is 1. The number of nitrogens with zero attached hydrogens (tertiary/aromatic N) is 4. The normalized spacial score (nSPS) is 16.3. The quantitative estimate of drug-likeness (QED) is 0.480. The molecule has 1 aromatic heterocycles. The predicted molar refractivity (Wildman–Crippen MR) is 105 cm³/mol. The Balaban J connectivity index is 1.87. The topological polar surface area (TPSA) is 76.9 Å². The lowest BCUT2D eigenvalue weighted by atomic mass is 10.2. The summed E-state index contributed by atoms with van der Waals surface area (Å²) in [5, 5.41) is 0.151. The molecule has 0 spiro atoms. The minimum atomic E-state index is -3.35. The number of aromatic nitrogens is 2. The number of hydrogen-bond acceptors (Lipinski definition) is 7. The van der Waals surface area contributed by atoms with Crippen LogP contribution in [0.3, 0.4) is 0 Å². The summed E-state index contributed by atoms with van der Waals surface area (Å²) in [6, 6.07) is 0. The molecular weight excluding hydrogens is 368 g/mol. The molecule has 156 valence electrons. The molecule has 9 heteroatoms. The van der Waals surface area contributed by atoms with Gasteiger partial charge in [-0.15, -0.1) is 0 Å². The molecular formula is C18H34N4O4S. The van der Waals surface area contributed by atoms with E-state index in [9.17, 15) is 8.42 Å². The standard InChI is InChI=1S/C18H34N4O4S/c1-4-27(23,24)18-19-15-17(22(18)11-12-25-3)16-20(2)7-5-6-8-21-9-13-26-14-10-21/h15H,4-14,16H2,1-3H3. The molecule has 0 bridgehead atoms. The van der Waals surface area contributed by atoms with E-state index in [1.54, 1.807) is 24.8 Å². The van der Waals surface area contributed by atoms with Gasteiger partial charge in [-0.3, -0.25) is 4.90 Å². The Morgan fingerprint density at radius 1 is 1.26 bits per heavy atom. The highest BCUT2D eigenvalue weighted by Gasteiger charge is 2.22. The Hall–Kier alpha value is -1.00. The Labute approximate surface area is 163 Å². The van der Waals surface area contributed by atoms with Gasteiger partial charge in [-0.1, -0.05) is 6.92 Å². The number of methoxy groups -OCH3 is 1. The van der Waals surface area contributed by atoms with Gasteiger partial charge in [0.05, 0.1) is 37.5 Å². The molecule has 0 radical (unpaired) electrons. The van der Waals surface area contributed by atoms with Crippen LogP contribution in [-0.2, 0) is 32.4 Å². The van der Waals surface area contributed by atoms with Crippen LogP contribution in [0.4, 0.5) is 0 Å². The minimum Gasteiger partial charge on any atom is -0.383 e. The molecule has 0 atom stereocenters. The second-order valence-corrected chi connectivity index (χ2v) is 9.15. The van der Waals surface area contributed by atoms with E-state index in [0.717, 1.165) is 57.9 Å². The number of hydrogen-bond donors (Lipinski definition) is 0. The van der Waals surface area contributed by atoms with Crippen LogP contribution in [-0.4, -0.2) is 93.7 Å². The van der Waals surface area contributed by atoms with Gasteiger partial charge < -0.3 is 18.9 Å². The van der Waals surface area contributed by atoms with Crippen molar-refractivity contribution in [2.45, 2.75) is 38.0 Å². The van der Waals surface area contributed by atoms with Gasteiger partial charge in [0.2, 0.25) is 15.0 Å². The van der Waals surface area contributed by atoms with Crippen molar-refractivity contribution in [1.82, 2.24) is 19.4 Å². The zero-order chi connectivity index (χ0) is 19.7. The molecule has 0 amide bonds. The summed E-state index contributed by atoms with van der Waals surface area (Å²) in [6.07, 6.45) is 3.95. The van der Waals surface area contributed by atoms with Gasteiger partial charge in [0.1, 0.15) is 0 Å². The molecule has 8 nitrogen and oxygen atoms in total. The van der Waals surface area contributed by atoms with Gasteiger partial charge in [-0.05, 0) is 33.0 Å². The molecule has 2 rings (SSSR count). The fourth-order valence-electron chi connectivity index (χ4n) is 3.21. The fraction of sp³-hybridized carbons (Fsp3) is 0.833. The van der Waals surface area contributed by atoms with Crippen molar-refractivity contribution in [1.29, 1.82) is 0 Å². The van der Waals surface area contributed by atoms with Crippen LogP contribution in [0.2, 0.25) is 0 Å². The molecule has 1 aliphatic heterocycles. The molecule has 0 unspecified atom stereocenters. The van der Waals surface area contributed by atoms with E-state index in [2.05, 4.69) is 21.8 Å². The molecule has 2 heterocycles. The lowest BCUT2D eigenvalue weighted by Gasteiger charge is -2.26. The summed E-state index contributed by atoms with van der Waals surface area (Å²) in [7, 11) is 0.337. The van der Waals surface area contributed by atoms with Gasteiger partial charge in [-0.25, -0.2) is 13.4 Å². The number of rotatable bonds is 12. The van der Waals surface area contributed by atoms with Gasteiger partial charge >= 0.3 is 0 Å². The fourth-order valence-corrected chi connectivity index (χ4v) is 4.23. The van der Waals surface area contributed by atoms with Crippen LogP contribution in [0.25, 0.3) is 0 Å². The van der Waals surface area contributed by atoms with E-state index in [1.807, 2.05) is 0 Å². The highest BCUT2D eigenvalue weighted by molar-refractivity contribution is 7.91. The number of ether oxygens (including phenoxy) is 2. The number of imidazole rings is 1. The number of sulfone groups is 1. The van der Waals surface area contributed by atoms with Crippen LogP contribution in [0.5, 0.6) is 0 Å². The molecule has 0 aromatic carbocycles. The number of morpholine rings is 1. The Morgan fingerprint density at radius 2 is 2.00 bits per heavy atom. The first-order chi connectivity index (χ1) is 13.0. The maximum atomic E-state index is 12.3. The summed E-state index contributed by atoms with van der Waals surface area (Å²) in [4.78, 5) is 8.87. The largest absolute Gasteiger partial charge is 0.383 e. The van der Waals surface area contributed by atoms with Gasteiger partial charge in [0.25, 0.3) is 0 Å². The molecule has 1 aromatic rings. The lowest BCUT2D eigenvalue weighted by molar-refractivity contribution is 0.0369. The minimum absolute atomic E-state index is 0.0494. The second-order valence-electron chi connectivity index (χ2n) is 6.98. The molecule has 0 aliphatic carbocycles. The zero-order valence-electron chi connectivity index (χ0n) is 16.9. The molecule has 1 aliphatic rings. The Kier molecular flexibility index (Phi) is 9.17. The average Bonchev–Trinajstić information content (AvgIpc) is 3.07. The van der Waals surface area contributed by atoms with Crippen molar-refractivity contribution in [2.75, 3.05) is 65.9 Å². The van der Waals surface area contributed by atoms with Gasteiger partial charge in [0, 0.05) is 33.3 Å². The summed E-state index contributed by atoms with van der Waals surface area (Å²) in [5.74, 6) is 0.0494. The van der Waals surface area contributed by atoms with E-state index in [4.69, 9.17) is 9.47 Å². The van der Waals surface area contributed by atoms with E-state index in [-0.39, 0.29) is 10.9 Å². The third-order valence-corrected chi connectivity index (χ3v) is 6.52. The van der Waals surface area contributed by atoms with Crippen LogP contribution in [0.15, 0.2) is 11.4 Å². The molecule has 1 fully saturated rings. The van der Waals surface area contributed by atoms with Crippen molar-refractivity contribution in [2.24, 2.45) is 0 Å². The predicted octanol–water partition coefficient (Wildman–Crippen LogP) is 0.867. The summed E-state index contributed by atoms with van der Waals surface area (Å²) >= 11 is 0. The summed E-state index contributed by atoms with van der Waals surface area (Å²) in [5.41, 5.74) is 0.912. The zero-order valence-corrected chi connectivity index (χ0v) is 17.7. The first-order valence-corrected chi connectivity index (χ1v) is 11.4. The van der Waals surface area contributed by atoms with Crippen molar-refractivity contribution in [3.05, 3.63) is 11.9 Å². The Bertz CT molecular complexity index is 656. The maximum Gasteiger partial charge on any atom is 0.227 e. The monoisotopic (exact) mass is 402 g/mol. The van der Waals surface area contributed by atoms with Crippen molar-refractivity contribution >= 4 is 9.84 Å². The smallest absolute Gasteiger partial charge is 0.227 e. The SMILES string of the molecule is CCS(=O)(=O)c1ncc(CN(C)CCCCN2CCOCC2)n1CCOC. The highest BCUT2D eigenvalue weighted by atomic mass is 32.2. The first kappa shape index (κ1) is 22.3. The molecule has 0 N–H and O–H groups in total. The van der Waals surface area contributed by atoms with Crippen LogP contribution < -0.4 is 0 Å². The van der Waals surface area contributed by atoms with E-state index >= 15 is 0 Å². The third-order valence-electron chi connectivity index (χ3n) is 4.88. The van der Waals surface area contributed by atoms with Crippen molar-refractivity contribution in [3.63, 3.8) is 0 Å². The third kappa shape index (κ3) is 6.83. The van der Waals surface area contributed by atoms with Crippen molar-refractivity contribution < 1.29 is 17.9 Å². The van der Waals surface area contributed by atoms with Crippen LogP contribution in [0.1, 0.15) is 25.5 Å².